The highest BCUT2D eigenvalue weighted by molar-refractivity contribution is 9.10. The summed E-state index contributed by atoms with van der Waals surface area (Å²) in [6, 6.07) is 9.09. The van der Waals surface area contributed by atoms with Crippen molar-refractivity contribution in [3.63, 3.8) is 0 Å². The number of carbonyl (C=O) groups is 2. The summed E-state index contributed by atoms with van der Waals surface area (Å²) in [7, 11) is 1.77. The van der Waals surface area contributed by atoms with Gasteiger partial charge in [0, 0.05) is 22.9 Å². The standard InChI is InChI=1S/C19H20BrN5O3/c1-11-8-12(2)22-18-17(11)19(24-25(18)3)28-10-16(27)21-9-15(26)23-14-6-4-13(20)5-7-14/h4-8H,9-10H2,1-3H3,(H,21,27)(H,23,26). The van der Waals surface area contributed by atoms with Crippen molar-refractivity contribution in [3.8, 4) is 5.88 Å². The number of amides is 2. The van der Waals surface area contributed by atoms with Crippen molar-refractivity contribution in [2.45, 2.75) is 13.8 Å². The van der Waals surface area contributed by atoms with Gasteiger partial charge in [-0.25, -0.2) is 9.67 Å². The lowest BCUT2D eigenvalue weighted by Gasteiger charge is -2.08. The van der Waals surface area contributed by atoms with Crippen LogP contribution < -0.4 is 15.4 Å². The largest absolute Gasteiger partial charge is 0.466 e. The summed E-state index contributed by atoms with van der Waals surface area (Å²) in [5, 5.41) is 10.3. The first-order chi connectivity index (χ1) is 13.3. The Morgan fingerprint density at radius 1 is 1.18 bits per heavy atom. The monoisotopic (exact) mass is 445 g/mol. The molecule has 1 aromatic carbocycles. The molecule has 2 heterocycles. The predicted molar refractivity (Wildman–Crippen MR) is 109 cm³/mol. The van der Waals surface area contributed by atoms with Crippen LogP contribution in [0, 0.1) is 13.8 Å². The molecule has 0 aliphatic carbocycles. The average Bonchev–Trinajstić information content (AvgIpc) is 2.96. The molecule has 0 bridgehead atoms. The van der Waals surface area contributed by atoms with Gasteiger partial charge in [-0.05, 0) is 49.7 Å². The second-order valence-corrected chi connectivity index (χ2v) is 7.24. The average molecular weight is 446 g/mol. The van der Waals surface area contributed by atoms with Crippen molar-refractivity contribution < 1.29 is 14.3 Å². The number of benzene rings is 1. The molecule has 0 radical (unpaired) electrons. The molecular formula is C19H20BrN5O3. The van der Waals surface area contributed by atoms with Crippen LogP contribution in [0.2, 0.25) is 0 Å². The fourth-order valence-electron chi connectivity index (χ4n) is 2.75. The third-order valence-corrected chi connectivity index (χ3v) is 4.53. The third kappa shape index (κ3) is 4.66. The minimum Gasteiger partial charge on any atom is -0.466 e. The van der Waals surface area contributed by atoms with Gasteiger partial charge in [0.1, 0.15) is 0 Å². The second-order valence-electron chi connectivity index (χ2n) is 6.33. The first-order valence-corrected chi connectivity index (χ1v) is 9.38. The molecule has 0 spiro atoms. The van der Waals surface area contributed by atoms with Gasteiger partial charge in [0.15, 0.2) is 12.3 Å². The van der Waals surface area contributed by atoms with Gasteiger partial charge >= 0.3 is 0 Å². The van der Waals surface area contributed by atoms with Crippen molar-refractivity contribution in [1.29, 1.82) is 0 Å². The molecule has 3 rings (SSSR count). The molecule has 8 nitrogen and oxygen atoms in total. The molecule has 0 aliphatic rings. The molecule has 0 saturated heterocycles. The number of carbonyl (C=O) groups excluding carboxylic acids is 2. The van der Waals surface area contributed by atoms with Crippen LogP contribution >= 0.6 is 15.9 Å². The maximum absolute atomic E-state index is 12.0. The van der Waals surface area contributed by atoms with Crippen molar-refractivity contribution >= 4 is 44.5 Å². The highest BCUT2D eigenvalue weighted by atomic mass is 79.9. The molecular weight excluding hydrogens is 426 g/mol. The van der Waals surface area contributed by atoms with Gasteiger partial charge in [0.05, 0.1) is 11.9 Å². The minimum atomic E-state index is -0.414. The number of rotatable bonds is 6. The number of hydrogen-bond donors (Lipinski definition) is 2. The van der Waals surface area contributed by atoms with Crippen LogP contribution in [0.5, 0.6) is 5.88 Å². The van der Waals surface area contributed by atoms with E-state index in [-0.39, 0.29) is 19.1 Å². The number of fused-ring (bicyclic) bond motifs is 1. The van der Waals surface area contributed by atoms with Crippen molar-refractivity contribution in [1.82, 2.24) is 20.1 Å². The normalized spacial score (nSPS) is 10.7. The first-order valence-electron chi connectivity index (χ1n) is 8.59. The highest BCUT2D eigenvalue weighted by Crippen LogP contribution is 2.26. The van der Waals surface area contributed by atoms with E-state index >= 15 is 0 Å². The lowest BCUT2D eigenvalue weighted by Crippen LogP contribution is -2.35. The van der Waals surface area contributed by atoms with Gasteiger partial charge in [-0.2, -0.15) is 0 Å². The number of anilines is 1. The SMILES string of the molecule is Cc1cc(C)c2c(OCC(=O)NCC(=O)Nc3ccc(Br)cc3)nn(C)c2n1. The number of ether oxygens (including phenoxy) is 1. The minimum absolute atomic E-state index is 0.152. The van der Waals surface area contributed by atoms with Crippen molar-refractivity contribution in [3.05, 3.63) is 46.1 Å². The summed E-state index contributed by atoms with van der Waals surface area (Å²) in [5.74, 6) is -0.395. The van der Waals surface area contributed by atoms with Crippen LogP contribution in [-0.2, 0) is 16.6 Å². The summed E-state index contributed by atoms with van der Waals surface area (Å²) in [6.07, 6.45) is 0. The number of aromatic nitrogens is 3. The number of nitrogens with zero attached hydrogens (tertiary/aromatic N) is 3. The maximum Gasteiger partial charge on any atom is 0.258 e. The Kier molecular flexibility index (Phi) is 5.93. The van der Waals surface area contributed by atoms with Gasteiger partial charge in [-0.15, -0.1) is 5.10 Å². The molecule has 9 heteroatoms. The van der Waals surface area contributed by atoms with Crippen LogP contribution in [0.4, 0.5) is 5.69 Å². The first kappa shape index (κ1) is 19.8. The Bertz CT molecular complexity index is 1030. The number of nitrogens with one attached hydrogen (secondary N) is 2. The second kappa shape index (κ2) is 8.39. The number of hydrogen-bond acceptors (Lipinski definition) is 5. The van der Waals surface area contributed by atoms with Gasteiger partial charge in [-0.1, -0.05) is 15.9 Å². The molecule has 2 amide bonds. The van der Waals surface area contributed by atoms with E-state index in [2.05, 4.69) is 36.6 Å². The Morgan fingerprint density at radius 2 is 1.89 bits per heavy atom. The smallest absolute Gasteiger partial charge is 0.258 e. The molecule has 28 heavy (non-hydrogen) atoms. The Labute approximate surface area is 170 Å². The van der Waals surface area contributed by atoms with Gasteiger partial charge < -0.3 is 15.4 Å². The Hall–Kier alpha value is -2.94. The molecule has 0 unspecified atom stereocenters. The van der Waals surface area contributed by atoms with Crippen LogP contribution in [0.15, 0.2) is 34.8 Å². The van der Waals surface area contributed by atoms with Crippen LogP contribution in [0.1, 0.15) is 11.3 Å². The zero-order valence-corrected chi connectivity index (χ0v) is 17.3. The molecule has 0 fully saturated rings. The van der Waals surface area contributed by atoms with Gasteiger partial charge in [0.25, 0.3) is 5.91 Å². The maximum atomic E-state index is 12.0. The fourth-order valence-corrected chi connectivity index (χ4v) is 3.02. The van der Waals surface area contributed by atoms with E-state index in [0.717, 1.165) is 21.1 Å². The Balaban J connectivity index is 1.54. The van der Waals surface area contributed by atoms with E-state index in [1.54, 1.807) is 23.9 Å². The van der Waals surface area contributed by atoms with Crippen molar-refractivity contribution in [2.24, 2.45) is 7.05 Å². The summed E-state index contributed by atoms with van der Waals surface area (Å²) in [4.78, 5) is 28.4. The van der Waals surface area contributed by atoms with E-state index in [1.165, 1.54) is 0 Å². The quantitative estimate of drug-likeness (QED) is 0.607. The molecule has 3 aromatic rings. The van der Waals surface area contributed by atoms with E-state index < -0.39 is 5.91 Å². The highest BCUT2D eigenvalue weighted by Gasteiger charge is 2.16. The molecule has 2 N–H and O–H groups in total. The molecule has 0 aliphatic heterocycles. The van der Waals surface area contributed by atoms with E-state index in [9.17, 15) is 9.59 Å². The summed E-state index contributed by atoms with van der Waals surface area (Å²) >= 11 is 3.33. The topological polar surface area (TPSA) is 98.1 Å². The van der Waals surface area contributed by atoms with Gasteiger partial charge in [-0.3, -0.25) is 9.59 Å². The lowest BCUT2D eigenvalue weighted by atomic mass is 10.2. The number of aryl methyl sites for hydroxylation is 3. The van der Waals surface area contributed by atoms with Crippen LogP contribution in [0.3, 0.4) is 0 Å². The molecule has 0 saturated carbocycles. The van der Waals surface area contributed by atoms with E-state index in [4.69, 9.17) is 4.74 Å². The summed E-state index contributed by atoms with van der Waals surface area (Å²) in [5.41, 5.74) is 3.20. The van der Waals surface area contributed by atoms with Gasteiger partial charge in [0.2, 0.25) is 11.8 Å². The lowest BCUT2D eigenvalue weighted by molar-refractivity contribution is -0.125. The van der Waals surface area contributed by atoms with E-state index in [1.807, 2.05) is 32.0 Å². The number of pyridine rings is 1. The zero-order chi connectivity index (χ0) is 20.3. The summed E-state index contributed by atoms with van der Waals surface area (Å²) < 4.78 is 8.10. The van der Waals surface area contributed by atoms with Crippen molar-refractivity contribution in [2.75, 3.05) is 18.5 Å². The van der Waals surface area contributed by atoms with Crippen LogP contribution in [-0.4, -0.2) is 39.7 Å². The molecule has 0 atom stereocenters. The molecule has 146 valence electrons. The van der Waals surface area contributed by atoms with Crippen LogP contribution in [0.25, 0.3) is 11.0 Å². The predicted octanol–water partition coefficient (Wildman–Crippen LogP) is 2.48. The number of halogens is 1. The third-order valence-electron chi connectivity index (χ3n) is 4.00. The van der Waals surface area contributed by atoms with E-state index in [0.29, 0.717) is 17.2 Å². The fraction of sp³-hybridized carbons (Fsp3) is 0.263. The molecule has 2 aromatic heterocycles. The zero-order valence-electron chi connectivity index (χ0n) is 15.7. The Morgan fingerprint density at radius 3 is 2.61 bits per heavy atom. The summed E-state index contributed by atoms with van der Waals surface area (Å²) in [6.45, 7) is 3.46.